The lowest BCUT2D eigenvalue weighted by molar-refractivity contribution is -0.0498. The molecule has 3 nitrogen and oxygen atoms in total. The molecule has 0 radical (unpaired) electrons. The van der Waals surface area contributed by atoms with Gasteiger partial charge in [0.05, 0.1) is 12.2 Å². The van der Waals surface area contributed by atoms with Gasteiger partial charge < -0.3 is 10.1 Å². The number of hydrogen-bond donors (Lipinski definition) is 1. The van der Waals surface area contributed by atoms with E-state index in [0.717, 1.165) is 15.9 Å². The second kappa shape index (κ2) is 6.47. The lowest BCUT2D eigenvalue weighted by Gasteiger charge is -2.08. The molecule has 0 amide bonds. The number of benzene rings is 1. The van der Waals surface area contributed by atoms with Crippen LogP contribution in [0.4, 0.5) is 14.5 Å². The van der Waals surface area contributed by atoms with Crippen LogP contribution in [-0.4, -0.2) is 11.6 Å². The second-order valence-electron chi connectivity index (χ2n) is 3.72. The molecule has 2 rings (SSSR count). The average molecular weight is 329 g/mol. The number of nitrogens with zero attached hydrogens (tertiary/aromatic N) is 1. The average Bonchev–Trinajstić information content (AvgIpc) is 2.39. The van der Waals surface area contributed by atoms with Crippen molar-refractivity contribution in [2.75, 3.05) is 5.32 Å². The summed E-state index contributed by atoms with van der Waals surface area (Å²) in [7, 11) is 0. The summed E-state index contributed by atoms with van der Waals surface area (Å²) in [6.07, 6.45) is 1.72. The zero-order valence-corrected chi connectivity index (χ0v) is 11.4. The van der Waals surface area contributed by atoms with Crippen LogP contribution in [0.15, 0.2) is 47.1 Å². The molecule has 0 atom stereocenters. The van der Waals surface area contributed by atoms with Crippen LogP contribution in [0.25, 0.3) is 0 Å². The molecule has 0 aliphatic rings. The fourth-order valence-corrected chi connectivity index (χ4v) is 1.69. The summed E-state index contributed by atoms with van der Waals surface area (Å²) in [5.41, 5.74) is 1.70. The zero-order valence-electron chi connectivity index (χ0n) is 9.82. The van der Waals surface area contributed by atoms with Crippen molar-refractivity contribution in [2.45, 2.75) is 13.2 Å². The number of halogens is 3. The number of rotatable bonds is 5. The van der Waals surface area contributed by atoms with Crippen molar-refractivity contribution < 1.29 is 13.5 Å². The Hall–Kier alpha value is -1.69. The number of alkyl halides is 2. The first-order chi connectivity index (χ1) is 9.13. The molecule has 1 aromatic heterocycles. The first kappa shape index (κ1) is 13.7. The summed E-state index contributed by atoms with van der Waals surface area (Å²) in [5, 5.41) is 3.14. The van der Waals surface area contributed by atoms with Crippen LogP contribution in [0, 0.1) is 0 Å². The normalized spacial score (nSPS) is 10.5. The third-order valence-electron chi connectivity index (χ3n) is 2.34. The van der Waals surface area contributed by atoms with Gasteiger partial charge in [0.2, 0.25) is 0 Å². The highest BCUT2D eigenvalue weighted by Crippen LogP contribution is 2.18. The molecule has 0 unspecified atom stereocenters. The molecule has 0 saturated heterocycles. The summed E-state index contributed by atoms with van der Waals surface area (Å²) in [6.45, 7) is -2.24. The van der Waals surface area contributed by atoms with E-state index in [9.17, 15) is 8.78 Å². The van der Waals surface area contributed by atoms with Crippen molar-refractivity contribution in [2.24, 2.45) is 0 Å². The first-order valence-corrected chi connectivity index (χ1v) is 6.32. The van der Waals surface area contributed by atoms with Crippen LogP contribution >= 0.6 is 15.9 Å². The number of anilines is 1. The van der Waals surface area contributed by atoms with Crippen molar-refractivity contribution in [1.29, 1.82) is 0 Å². The van der Waals surface area contributed by atoms with Crippen molar-refractivity contribution >= 4 is 21.6 Å². The van der Waals surface area contributed by atoms with Gasteiger partial charge >= 0.3 is 6.61 Å². The molecule has 0 aliphatic carbocycles. The van der Waals surface area contributed by atoms with E-state index < -0.39 is 6.61 Å². The Morgan fingerprint density at radius 2 is 1.89 bits per heavy atom. The van der Waals surface area contributed by atoms with Crippen LogP contribution in [0.3, 0.4) is 0 Å². The van der Waals surface area contributed by atoms with E-state index >= 15 is 0 Å². The molecule has 6 heteroatoms. The molecular formula is C13H11BrF2N2O. The molecular weight excluding hydrogens is 318 g/mol. The second-order valence-corrected chi connectivity index (χ2v) is 4.64. The fourth-order valence-electron chi connectivity index (χ4n) is 1.46. The Labute approximate surface area is 117 Å². The lowest BCUT2D eigenvalue weighted by Crippen LogP contribution is -2.03. The Kier molecular flexibility index (Phi) is 4.68. The first-order valence-electron chi connectivity index (χ1n) is 5.52. The van der Waals surface area contributed by atoms with Crippen LogP contribution in [-0.2, 0) is 6.54 Å². The third kappa shape index (κ3) is 4.48. The molecule has 100 valence electrons. The molecule has 1 N–H and O–H groups in total. The molecule has 0 aliphatic heterocycles. The SMILES string of the molecule is FC(F)Oc1ccc(NCc2ccc(Br)cn2)cc1. The summed E-state index contributed by atoms with van der Waals surface area (Å²) in [4.78, 5) is 4.22. The van der Waals surface area contributed by atoms with Gasteiger partial charge in [-0.25, -0.2) is 0 Å². The van der Waals surface area contributed by atoms with Crippen LogP contribution in [0.1, 0.15) is 5.69 Å². The van der Waals surface area contributed by atoms with Crippen molar-refractivity contribution in [3.8, 4) is 5.75 Å². The third-order valence-corrected chi connectivity index (χ3v) is 2.81. The standard InChI is InChI=1S/C13H11BrF2N2O/c14-9-1-2-11(17-7-9)8-18-10-3-5-12(6-4-10)19-13(15)16/h1-7,13,18H,8H2. The maximum Gasteiger partial charge on any atom is 0.387 e. The highest BCUT2D eigenvalue weighted by atomic mass is 79.9. The predicted octanol–water partition coefficient (Wildman–Crippen LogP) is 4.06. The van der Waals surface area contributed by atoms with Crippen molar-refractivity contribution in [3.63, 3.8) is 0 Å². The van der Waals surface area contributed by atoms with Gasteiger partial charge in [-0.3, -0.25) is 4.98 Å². The van der Waals surface area contributed by atoms with Gasteiger partial charge in [-0.15, -0.1) is 0 Å². The maximum atomic E-state index is 12.0. The molecule has 2 aromatic rings. The minimum Gasteiger partial charge on any atom is -0.435 e. The topological polar surface area (TPSA) is 34.1 Å². The van der Waals surface area contributed by atoms with Gasteiger partial charge in [0.15, 0.2) is 0 Å². The number of pyridine rings is 1. The van der Waals surface area contributed by atoms with E-state index in [-0.39, 0.29) is 5.75 Å². The molecule has 1 aromatic carbocycles. The largest absolute Gasteiger partial charge is 0.435 e. The molecule has 0 spiro atoms. The Balaban J connectivity index is 1.91. The molecule has 0 saturated carbocycles. The van der Waals surface area contributed by atoms with E-state index in [1.807, 2.05) is 12.1 Å². The summed E-state index contributed by atoms with van der Waals surface area (Å²) < 4.78 is 29.1. The van der Waals surface area contributed by atoms with Gasteiger partial charge in [0.1, 0.15) is 5.75 Å². The lowest BCUT2D eigenvalue weighted by atomic mass is 10.3. The Morgan fingerprint density at radius 1 is 1.16 bits per heavy atom. The summed E-state index contributed by atoms with van der Waals surface area (Å²) in [6, 6.07) is 10.1. The van der Waals surface area contributed by atoms with Crippen LogP contribution in [0.2, 0.25) is 0 Å². The molecule has 0 bridgehead atoms. The molecule has 0 fully saturated rings. The van der Waals surface area contributed by atoms with Crippen molar-refractivity contribution in [1.82, 2.24) is 4.98 Å². The fraction of sp³-hybridized carbons (Fsp3) is 0.154. The number of nitrogens with one attached hydrogen (secondary N) is 1. The number of hydrogen-bond acceptors (Lipinski definition) is 3. The summed E-state index contributed by atoms with van der Waals surface area (Å²) in [5.74, 6) is 0.141. The highest BCUT2D eigenvalue weighted by molar-refractivity contribution is 9.10. The monoisotopic (exact) mass is 328 g/mol. The number of aromatic nitrogens is 1. The van der Waals surface area contributed by atoms with E-state index in [1.54, 1.807) is 18.3 Å². The van der Waals surface area contributed by atoms with Crippen molar-refractivity contribution in [3.05, 3.63) is 52.8 Å². The Bertz CT molecular complexity index is 517. The molecule has 19 heavy (non-hydrogen) atoms. The van der Waals surface area contributed by atoms with Gasteiger partial charge in [-0.05, 0) is 52.3 Å². The number of ether oxygens (including phenoxy) is 1. The Morgan fingerprint density at radius 3 is 2.47 bits per heavy atom. The minimum absolute atomic E-state index is 0.141. The van der Waals surface area contributed by atoms with Gasteiger partial charge in [0.25, 0.3) is 0 Å². The predicted molar refractivity (Wildman–Crippen MR) is 72.3 cm³/mol. The molecule has 1 heterocycles. The van der Waals surface area contributed by atoms with E-state index in [0.29, 0.717) is 6.54 Å². The highest BCUT2D eigenvalue weighted by Gasteiger charge is 2.03. The smallest absolute Gasteiger partial charge is 0.387 e. The quantitative estimate of drug-likeness (QED) is 0.898. The van der Waals surface area contributed by atoms with Gasteiger partial charge in [0, 0.05) is 16.4 Å². The minimum atomic E-state index is -2.80. The van der Waals surface area contributed by atoms with Gasteiger partial charge in [-0.2, -0.15) is 8.78 Å². The van der Waals surface area contributed by atoms with E-state index in [1.165, 1.54) is 12.1 Å². The van der Waals surface area contributed by atoms with Crippen LogP contribution < -0.4 is 10.1 Å². The van der Waals surface area contributed by atoms with E-state index in [2.05, 4.69) is 31.0 Å². The van der Waals surface area contributed by atoms with Crippen LogP contribution in [0.5, 0.6) is 5.75 Å². The van der Waals surface area contributed by atoms with Gasteiger partial charge in [-0.1, -0.05) is 0 Å². The maximum absolute atomic E-state index is 12.0. The zero-order chi connectivity index (χ0) is 13.7. The summed E-state index contributed by atoms with van der Waals surface area (Å²) >= 11 is 3.31. The van der Waals surface area contributed by atoms with E-state index in [4.69, 9.17) is 0 Å².